The topological polar surface area (TPSA) is 38.3 Å². The van der Waals surface area contributed by atoms with Crippen molar-refractivity contribution in [3.8, 4) is 0 Å². The predicted molar refractivity (Wildman–Crippen MR) is 65.7 cm³/mol. The molecule has 1 aromatic carbocycles. The first-order chi connectivity index (χ1) is 7.78. The first kappa shape index (κ1) is 13.8. The summed E-state index contributed by atoms with van der Waals surface area (Å²) in [7, 11) is 0. The summed E-state index contributed by atoms with van der Waals surface area (Å²) in [5, 5.41) is 2.82. The van der Waals surface area contributed by atoms with Gasteiger partial charge >= 0.3 is 5.97 Å². The van der Waals surface area contributed by atoms with Gasteiger partial charge in [-0.1, -0.05) is 11.6 Å². The van der Waals surface area contributed by atoms with Crippen LogP contribution in [0.1, 0.15) is 20.8 Å². The highest BCUT2D eigenvalue weighted by Crippen LogP contribution is 2.19. The molecule has 0 bridgehead atoms. The van der Waals surface area contributed by atoms with Crippen molar-refractivity contribution in [3.63, 3.8) is 0 Å². The Bertz CT molecular complexity index is 415. The van der Waals surface area contributed by atoms with Crippen LogP contribution in [-0.4, -0.2) is 18.1 Å². The number of carbonyl (C=O) groups is 1. The third kappa shape index (κ3) is 5.04. The van der Waals surface area contributed by atoms with Gasteiger partial charge in [0, 0.05) is 5.69 Å². The normalized spacial score (nSPS) is 11.1. The molecule has 0 aliphatic rings. The maximum absolute atomic E-state index is 12.9. The number of benzene rings is 1. The number of hydrogen-bond donors (Lipinski definition) is 1. The second-order valence-electron chi connectivity index (χ2n) is 4.57. The number of halogens is 2. The van der Waals surface area contributed by atoms with Crippen molar-refractivity contribution in [1.82, 2.24) is 0 Å². The van der Waals surface area contributed by atoms with Gasteiger partial charge in [0.25, 0.3) is 0 Å². The molecular formula is C12H15ClFNO2. The lowest BCUT2D eigenvalue weighted by atomic mass is 10.2. The summed E-state index contributed by atoms with van der Waals surface area (Å²) in [4.78, 5) is 11.4. The van der Waals surface area contributed by atoms with Crippen LogP contribution in [0.15, 0.2) is 18.2 Å². The zero-order chi connectivity index (χ0) is 13.1. The summed E-state index contributed by atoms with van der Waals surface area (Å²) in [5.74, 6) is -0.868. The average Bonchev–Trinajstić information content (AvgIpc) is 2.17. The van der Waals surface area contributed by atoms with Crippen LogP contribution in [0.3, 0.4) is 0 Å². The van der Waals surface area contributed by atoms with Crippen LogP contribution >= 0.6 is 11.6 Å². The molecule has 17 heavy (non-hydrogen) atoms. The summed E-state index contributed by atoms with van der Waals surface area (Å²) in [5.41, 5.74) is 0.0569. The van der Waals surface area contributed by atoms with Crippen LogP contribution < -0.4 is 5.32 Å². The molecule has 1 aromatic rings. The minimum Gasteiger partial charge on any atom is -0.459 e. The molecule has 0 aromatic heterocycles. The summed E-state index contributed by atoms with van der Waals surface area (Å²) < 4.78 is 18.0. The fourth-order valence-corrected chi connectivity index (χ4v) is 1.34. The molecule has 1 N–H and O–H groups in total. The van der Waals surface area contributed by atoms with Gasteiger partial charge in [0.2, 0.25) is 0 Å². The summed E-state index contributed by atoms with van der Waals surface area (Å²) in [6, 6.07) is 4.16. The second kappa shape index (κ2) is 5.36. The monoisotopic (exact) mass is 259 g/mol. The molecular weight excluding hydrogens is 245 g/mol. The van der Waals surface area contributed by atoms with Crippen LogP contribution in [0, 0.1) is 5.82 Å². The van der Waals surface area contributed by atoms with Crippen LogP contribution in [0.2, 0.25) is 5.02 Å². The Hall–Kier alpha value is -1.29. The van der Waals surface area contributed by atoms with Gasteiger partial charge < -0.3 is 10.1 Å². The predicted octanol–water partition coefficient (Wildman–Crippen LogP) is 3.23. The molecule has 0 fully saturated rings. The molecule has 0 spiro atoms. The molecule has 0 amide bonds. The number of nitrogens with one attached hydrogen (secondary N) is 1. The highest BCUT2D eigenvalue weighted by atomic mass is 35.5. The zero-order valence-electron chi connectivity index (χ0n) is 10.0. The van der Waals surface area contributed by atoms with Crippen molar-refractivity contribution in [2.45, 2.75) is 26.4 Å². The van der Waals surface area contributed by atoms with E-state index in [0.717, 1.165) is 0 Å². The van der Waals surface area contributed by atoms with E-state index in [9.17, 15) is 9.18 Å². The fourth-order valence-electron chi connectivity index (χ4n) is 1.16. The van der Waals surface area contributed by atoms with Crippen molar-refractivity contribution in [1.29, 1.82) is 0 Å². The number of anilines is 1. The third-order valence-electron chi connectivity index (χ3n) is 1.78. The fraction of sp³-hybridized carbons (Fsp3) is 0.417. The van der Waals surface area contributed by atoms with Gasteiger partial charge in [-0.25, -0.2) is 4.39 Å². The van der Waals surface area contributed by atoms with E-state index in [2.05, 4.69) is 5.32 Å². The number of esters is 1. The number of carbonyl (C=O) groups excluding carboxylic acids is 1. The van der Waals surface area contributed by atoms with E-state index in [1.165, 1.54) is 18.2 Å². The summed E-state index contributed by atoms with van der Waals surface area (Å²) in [6.45, 7) is 5.39. The molecule has 0 saturated carbocycles. The Kier molecular flexibility index (Phi) is 4.34. The van der Waals surface area contributed by atoms with E-state index in [0.29, 0.717) is 5.69 Å². The summed E-state index contributed by atoms with van der Waals surface area (Å²) >= 11 is 5.60. The molecule has 0 heterocycles. The molecule has 94 valence electrons. The number of hydrogen-bond acceptors (Lipinski definition) is 3. The van der Waals surface area contributed by atoms with E-state index in [1.807, 2.05) is 0 Å². The Morgan fingerprint density at radius 3 is 2.65 bits per heavy atom. The molecule has 0 aliphatic heterocycles. The molecule has 0 radical (unpaired) electrons. The van der Waals surface area contributed by atoms with Crippen LogP contribution in [0.4, 0.5) is 10.1 Å². The minimum atomic E-state index is -0.515. The Morgan fingerprint density at radius 2 is 2.12 bits per heavy atom. The van der Waals surface area contributed by atoms with Crippen LogP contribution in [0.5, 0.6) is 0 Å². The van der Waals surface area contributed by atoms with Gasteiger partial charge in [0.05, 0.1) is 5.02 Å². The maximum atomic E-state index is 12.9. The van der Waals surface area contributed by atoms with Crippen molar-refractivity contribution < 1.29 is 13.9 Å². The van der Waals surface area contributed by atoms with Crippen molar-refractivity contribution in [2.75, 3.05) is 11.9 Å². The quantitative estimate of drug-likeness (QED) is 0.847. The van der Waals surface area contributed by atoms with Crippen molar-refractivity contribution >= 4 is 23.3 Å². The number of ether oxygens (including phenoxy) is 1. The molecule has 0 saturated heterocycles. The highest BCUT2D eigenvalue weighted by molar-refractivity contribution is 6.31. The lowest BCUT2D eigenvalue weighted by molar-refractivity contribution is -0.152. The Balaban J connectivity index is 2.50. The van der Waals surface area contributed by atoms with E-state index < -0.39 is 11.4 Å². The molecule has 0 aliphatic carbocycles. The first-order valence-electron chi connectivity index (χ1n) is 5.19. The van der Waals surface area contributed by atoms with E-state index in [-0.39, 0.29) is 17.5 Å². The van der Waals surface area contributed by atoms with Gasteiger partial charge in [-0.15, -0.1) is 0 Å². The first-order valence-corrected chi connectivity index (χ1v) is 5.56. The molecule has 3 nitrogen and oxygen atoms in total. The van der Waals surface area contributed by atoms with Gasteiger partial charge in [0.1, 0.15) is 18.0 Å². The zero-order valence-corrected chi connectivity index (χ0v) is 10.8. The van der Waals surface area contributed by atoms with Crippen molar-refractivity contribution in [2.24, 2.45) is 0 Å². The van der Waals surface area contributed by atoms with Crippen LogP contribution in [0.25, 0.3) is 0 Å². The smallest absolute Gasteiger partial charge is 0.325 e. The van der Waals surface area contributed by atoms with E-state index in [1.54, 1.807) is 20.8 Å². The average molecular weight is 260 g/mol. The number of rotatable bonds is 3. The second-order valence-corrected chi connectivity index (χ2v) is 4.98. The summed E-state index contributed by atoms with van der Waals surface area (Å²) in [6.07, 6.45) is 0. The molecule has 5 heteroatoms. The molecule has 0 unspecified atom stereocenters. The van der Waals surface area contributed by atoms with Gasteiger partial charge in [-0.2, -0.15) is 0 Å². The van der Waals surface area contributed by atoms with E-state index >= 15 is 0 Å². The largest absolute Gasteiger partial charge is 0.459 e. The van der Waals surface area contributed by atoms with Gasteiger partial charge in [0.15, 0.2) is 0 Å². The standard InChI is InChI=1S/C12H15ClFNO2/c1-12(2,3)17-11(16)7-15-8-4-5-10(14)9(13)6-8/h4-6,15H,7H2,1-3H3. The van der Waals surface area contributed by atoms with Gasteiger partial charge in [-0.3, -0.25) is 4.79 Å². The highest BCUT2D eigenvalue weighted by Gasteiger charge is 2.15. The lowest BCUT2D eigenvalue weighted by Gasteiger charge is -2.19. The van der Waals surface area contributed by atoms with Gasteiger partial charge in [-0.05, 0) is 39.0 Å². The van der Waals surface area contributed by atoms with Crippen molar-refractivity contribution in [3.05, 3.63) is 29.0 Å². The molecule has 0 atom stereocenters. The third-order valence-corrected chi connectivity index (χ3v) is 2.07. The Labute approximate surface area is 105 Å². The lowest BCUT2D eigenvalue weighted by Crippen LogP contribution is -2.28. The Morgan fingerprint density at radius 1 is 1.47 bits per heavy atom. The molecule has 1 rings (SSSR count). The van der Waals surface area contributed by atoms with Crippen LogP contribution in [-0.2, 0) is 9.53 Å². The SMILES string of the molecule is CC(C)(C)OC(=O)CNc1ccc(F)c(Cl)c1. The van der Waals surface area contributed by atoms with E-state index in [4.69, 9.17) is 16.3 Å². The minimum absolute atomic E-state index is 0.0131. The maximum Gasteiger partial charge on any atom is 0.325 e.